The van der Waals surface area contributed by atoms with Crippen molar-refractivity contribution in [2.24, 2.45) is 0 Å². The van der Waals surface area contributed by atoms with Crippen LogP contribution in [0, 0.1) is 0 Å². The molecule has 0 heterocycles. The van der Waals surface area contributed by atoms with Gasteiger partial charge in [0.15, 0.2) is 0 Å². The van der Waals surface area contributed by atoms with Crippen LogP contribution in [0.25, 0.3) is 0 Å². The average Bonchev–Trinajstić information content (AvgIpc) is 2.38. The molecule has 1 aromatic rings. The zero-order chi connectivity index (χ0) is 14.3. The van der Waals surface area contributed by atoms with Gasteiger partial charge in [-0.05, 0) is 18.6 Å². The summed E-state index contributed by atoms with van der Waals surface area (Å²) in [4.78, 5) is 22.7. The van der Waals surface area contributed by atoms with E-state index in [-0.39, 0.29) is 30.9 Å². The molecule has 0 saturated carbocycles. The number of halogens is 1. The number of likely N-dealkylation sites (N-methyl/N-ethyl adjacent to an activating group) is 1. The Balaban J connectivity index is 2.40. The monoisotopic (exact) mass is 327 g/mol. The highest BCUT2D eigenvalue weighted by Crippen LogP contribution is 2.22. The van der Waals surface area contributed by atoms with Crippen molar-refractivity contribution in [3.05, 3.63) is 34.3 Å². The molecule has 0 aliphatic rings. The zero-order valence-corrected chi connectivity index (χ0v) is 12.6. The number of rotatable bonds is 6. The molecule has 0 aliphatic heterocycles. The van der Waals surface area contributed by atoms with Crippen molar-refractivity contribution in [1.82, 2.24) is 16.0 Å². The third-order valence-electron chi connectivity index (χ3n) is 2.60. The Morgan fingerprint density at radius 2 is 1.84 bits per heavy atom. The van der Waals surface area contributed by atoms with E-state index in [4.69, 9.17) is 0 Å². The van der Waals surface area contributed by atoms with Crippen LogP contribution in [0.3, 0.4) is 0 Å². The molecule has 0 aromatic heterocycles. The first kappa shape index (κ1) is 15.7. The first-order valence-electron chi connectivity index (χ1n) is 5.99. The van der Waals surface area contributed by atoms with E-state index in [9.17, 15) is 9.59 Å². The highest BCUT2D eigenvalue weighted by Gasteiger charge is 2.11. The molecule has 2 amide bonds. The summed E-state index contributed by atoms with van der Waals surface area (Å²) in [6, 6.07) is 7.64. The number of carbonyl (C=O) groups excluding carboxylic acids is 2. The average molecular weight is 328 g/mol. The van der Waals surface area contributed by atoms with Gasteiger partial charge in [0.2, 0.25) is 11.8 Å². The van der Waals surface area contributed by atoms with Gasteiger partial charge in [0.1, 0.15) is 0 Å². The molecule has 3 N–H and O–H groups in total. The molecule has 0 fully saturated rings. The molecule has 0 radical (unpaired) electrons. The first-order chi connectivity index (χ1) is 9.04. The quantitative estimate of drug-likeness (QED) is 0.729. The van der Waals surface area contributed by atoms with Crippen molar-refractivity contribution in [2.45, 2.75) is 13.0 Å². The molecular formula is C13H18BrN3O2. The Bertz CT molecular complexity index is 451. The second-order valence-electron chi connectivity index (χ2n) is 4.09. The summed E-state index contributed by atoms with van der Waals surface area (Å²) < 4.78 is 0.959. The van der Waals surface area contributed by atoms with Gasteiger partial charge in [0.25, 0.3) is 0 Å². The van der Waals surface area contributed by atoms with Crippen molar-refractivity contribution in [1.29, 1.82) is 0 Å². The SMILES string of the molecule is CNC(=O)CNCC(=O)N[C@H](C)c1ccccc1Br. The fourth-order valence-electron chi connectivity index (χ4n) is 1.57. The van der Waals surface area contributed by atoms with E-state index in [1.165, 1.54) is 0 Å². The normalized spacial score (nSPS) is 11.7. The largest absolute Gasteiger partial charge is 0.358 e. The molecule has 1 atom stereocenters. The summed E-state index contributed by atoms with van der Waals surface area (Å²) in [6.07, 6.45) is 0. The zero-order valence-electron chi connectivity index (χ0n) is 11.0. The number of nitrogens with one attached hydrogen (secondary N) is 3. The van der Waals surface area contributed by atoms with Gasteiger partial charge in [-0.1, -0.05) is 34.1 Å². The maximum Gasteiger partial charge on any atom is 0.234 e. The Morgan fingerprint density at radius 1 is 1.21 bits per heavy atom. The predicted molar refractivity (Wildman–Crippen MR) is 77.6 cm³/mol. The third kappa shape index (κ3) is 5.40. The van der Waals surface area contributed by atoms with Crippen LogP contribution in [0.15, 0.2) is 28.7 Å². The van der Waals surface area contributed by atoms with Gasteiger partial charge in [-0.25, -0.2) is 0 Å². The molecule has 5 nitrogen and oxygen atoms in total. The maximum absolute atomic E-state index is 11.7. The number of benzene rings is 1. The molecular weight excluding hydrogens is 310 g/mol. The fourth-order valence-corrected chi connectivity index (χ4v) is 2.20. The van der Waals surface area contributed by atoms with E-state index in [0.29, 0.717) is 0 Å². The molecule has 0 bridgehead atoms. The lowest BCUT2D eigenvalue weighted by Gasteiger charge is -2.16. The lowest BCUT2D eigenvalue weighted by atomic mass is 10.1. The summed E-state index contributed by atoms with van der Waals surface area (Å²) in [5.74, 6) is -0.293. The Kier molecular flexibility index (Phi) is 6.52. The van der Waals surface area contributed by atoms with E-state index in [0.717, 1.165) is 10.0 Å². The molecule has 6 heteroatoms. The van der Waals surface area contributed by atoms with Crippen LogP contribution in [0.2, 0.25) is 0 Å². The summed E-state index contributed by atoms with van der Waals surface area (Å²) >= 11 is 3.45. The third-order valence-corrected chi connectivity index (χ3v) is 3.32. The molecule has 0 unspecified atom stereocenters. The minimum absolute atomic E-state index is 0.0927. The Hall–Kier alpha value is -1.40. The summed E-state index contributed by atoms with van der Waals surface area (Å²) in [7, 11) is 1.55. The van der Waals surface area contributed by atoms with Crippen LogP contribution in [-0.4, -0.2) is 32.0 Å². The molecule has 0 saturated heterocycles. The first-order valence-corrected chi connectivity index (χ1v) is 6.79. The molecule has 1 aromatic carbocycles. The number of carbonyl (C=O) groups is 2. The van der Waals surface area contributed by atoms with Gasteiger partial charge in [0.05, 0.1) is 19.1 Å². The van der Waals surface area contributed by atoms with E-state index in [1.807, 2.05) is 31.2 Å². The number of hydrogen-bond donors (Lipinski definition) is 3. The van der Waals surface area contributed by atoms with Gasteiger partial charge in [-0.3, -0.25) is 14.9 Å². The van der Waals surface area contributed by atoms with E-state index < -0.39 is 0 Å². The molecule has 1 rings (SSSR count). The molecule has 19 heavy (non-hydrogen) atoms. The number of hydrogen-bond acceptors (Lipinski definition) is 3. The van der Waals surface area contributed by atoms with Crippen LogP contribution >= 0.6 is 15.9 Å². The van der Waals surface area contributed by atoms with Crippen molar-refractivity contribution < 1.29 is 9.59 Å². The van der Waals surface area contributed by atoms with Gasteiger partial charge in [-0.2, -0.15) is 0 Å². The second-order valence-corrected chi connectivity index (χ2v) is 4.94. The summed E-state index contributed by atoms with van der Waals surface area (Å²) in [5.41, 5.74) is 1.02. The van der Waals surface area contributed by atoms with Crippen LogP contribution in [0.5, 0.6) is 0 Å². The summed E-state index contributed by atoms with van der Waals surface area (Å²) in [6.45, 7) is 2.16. The standard InChI is InChI=1S/C13H18BrN3O2/c1-9(10-5-3-4-6-11(10)14)17-13(19)8-16-7-12(18)15-2/h3-6,9,16H,7-8H2,1-2H3,(H,15,18)(H,17,19)/t9-/m1/s1. The second kappa shape index (κ2) is 7.91. The molecule has 0 spiro atoms. The van der Waals surface area contributed by atoms with Crippen LogP contribution in [-0.2, 0) is 9.59 Å². The summed E-state index contributed by atoms with van der Waals surface area (Å²) in [5, 5.41) is 8.11. The van der Waals surface area contributed by atoms with Gasteiger partial charge < -0.3 is 10.6 Å². The topological polar surface area (TPSA) is 70.2 Å². The minimum Gasteiger partial charge on any atom is -0.358 e. The lowest BCUT2D eigenvalue weighted by molar-refractivity contribution is -0.121. The van der Waals surface area contributed by atoms with E-state index in [2.05, 4.69) is 31.9 Å². The lowest BCUT2D eigenvalue weighted by Crippen LogP contribution is -2.39. The van der Waals surface area contributed by atoms with Gasteiger partial charge >= 0.3 is 0 Å². The molecule has 0 aliphatic carbocycles. The van der Waals surface area contributed by atoms with E-state index in [1.54, 1.807) is 7.05 Å². The van der Waals surface area contributed by atoms with Crippen molar-refractivity contribution >= 4 is 27.7 Å². The minimum atomic E-state index is -0.147. The van der Waals surface area contributed by atoms with Crippen LogP contribution < -0.4 is 16.0 Å². The van der Waals surface area contributed by atoms with Crippen molar-refractivity contribution in [2.75, 3.05) is 20.1 Å². The van der Waals surface area contributed by atoms with E-state index >= 15 is 0 Å². The maximum atomic E-state index is 11.7. The van der Waals surface area contributed by atoms with Crippen LogP contribution in [0.1, 0.15) is 18.5 Å². The van der Waals surface area contributed by atoms with Gasteiger partial charge in [0, 0.05) is 11.5 Å². The fraction of sp³-hybridized carbons (Fsp3) is 0.385. The van der Waals surface area contributed by atoms with Crippen LogP contribution in [0.4, 0.5) is 0 Å². The Morgan fingerprint density at radius 3 is 2.47 bits per heavy atom. The van der Waals surface area contributed by atoms with Crippen molar-refractivity contribution in [3.63, 3.8) is 0 Å². The van der Waals surface area contributed by atoms with Crippen molar-refractivity contribution in [3.8, 4) is 0 Å². The predicted octanol–water partition coefficient (Wildman–Crippen LogP) is 0.962. The Labute approximate surface area is 121 Å². The highest BCUT2D eigenvalue weighted by molar-refractivity contribution is 9.10. The highest BCUT2D eigenvalue weighted by atomic mass is 79.9. The number of amides is 2. The molecule has 104 valence electrons. The smallest absolute Gasteiger partial charge is 0.234 e. The van der Waals surface area contributed by atoms with Gasteiger partial charge in [-0.15, -0.1) is 0 Å².